The van der Waals surface area contributed by atoms with Gasteiger partial charge in [0.15, 0.2) is 0 Å². The molecule has 0 saturated carbocycles. The van der Waals surface area contributed by atoms with Gasteiger partial charge in [0, 0.05) is 18.2 Å². The second-order valence-electron chi connectivity index (χ2n) is 3.24. The summed E-state index contributed by atoms with van der Waals surface area (Å²) in [5.74, 6) is 0. The third kappa shape index (κ3) is 2.40. The van der Waals surface area contributed by atoms with Crippen LogP contribution in [0.1, 0.15) is 11.4 Å². The molecule has 2 aromatic heterocycles. The van der Waals surface area contributed by atoms with Crippen LogP contribution in [0.5, 0.6) is 0 Å². The molecule has 0 radical (unpaired) electrons. The Kier molecular flexibility index (Phi) is 3.08. The number of thiazole rings is 1. The molecule has 0 N–H and O–H groups in total. The van der Waals surface area contributed by atoms with E-state index in [0.29, 0.717) is 6.61 Å². The van der Waals surface area contributed by atoms with Crippen LogP contribution in [0.3, 0.4) is 0 Å². The highest BCUT2D eigenvalue weighted by atomic mass is 32.1. The molecule has 0 amide bonds. The Balaban J connectivity index is 2.29. The van der Waals surface area contributed by atoms with Gasteiger partial charge < -0.3 is 4.74 Å². The topological polar surface area (TPSA) is 35.0 Å². The molecule has 0 unspecified atom stereocenters. The number of rotatable bonds is 3. The lowest BCUT2D eigenvalue weighted by molar-refractivity contribution is 0.182. The van der Waals surface area contributed by atoms with E-state index in [9.17, 15) is 0 Å². The molecule has 0 aliphatic heterocycles. The highest BCUT2D eigenvalue weighted by molar-refractivity contribution is 7.13. The zero-order valence-electron chi connectivity index (χ0n) is 8.73. The standard InChI is InChI=1S/C11H12N2OS/c1-8-4-3-5-10(12-8)11-13-9(6-14-2)7-15-11/h3-5,7H,6H2,1-2H3. The maximum Gasteiger partial charge on any atom is 0.142 e. The fraction of sp³-hybridized carbons (Fsp3) is 0.273. The molecular weight excluding hydrogens is 208 g/mol. The van der Waals surface area contributed by atoms with E-state index in [1.807, 2.05) is 30.5 Å². The van der Waals surface area contributed by atoms with Gasteiger partial charge in [0.05, 0.1) is 18.0 Å². The van der Waals surface area contributed by atoms with Gasteiger partial charge in [-0.2, -0.15) is 0 Å². The van der Waals surface area contributed by atoms with E-state index in [0.717, 1.165) is 22.1 Å². The number of aromatic nitrogens is 2. The van der Waals surface area contributed by atoms with E-state index >= 15 is 0 Å². The Morgan fingerprint density at radius 1 is 1.33 bits per heavy atom. The van der Waals surface area contributed by atoms with E-state index in [-0.39, 0.29) is 0 Å². The van der Waals surface area contributed by atoms with Gasteiger partial charge in [0.25, 0.3) is 0 Å². The Labute approximate surface area is 92.8 Å². The van der Waals surface area contributed by atoms with Crippen LogP contribution in [0, 0.1) is 6.92 Å². The SMILES string of the molecule is COCc1csc(-c2cccc(C)n2)n1. The number of hydrogen-bond acceptors (Lipinski definition) is 4. The predicted octanol–water partition coefficient (Wildman–Crippen LogP) is 2.66. The summed E-state index contributed by atoms with van der Waals surface area (Å²) in [5.41, 5.74) is 2.90. The molecule has 0 aromatic carbocycles. The van der Waals surface area contributed by atoms with Crippen molar-refractivity contribution < 1.29 is 4.74 Å². The Morgan fingerprint density at radius 2 is 2.20 bits per heavy atom. The summed E-state index contributed by atoms with van der Waals surface area (Å²) in [6.07, 6.45) is 0. The van der Waals surface area contributed by atoms with Crippen LogP contribution in [-0.2, 0) is 11.3 Å². The van der Waals surface area contributed by atoms with Crippen LogP contribution >= 0.6 is 11.3 Å². The number of ether oxygens (including phenoxy) is 1. The first kappa shape index (κ1) is 10.3. The van der Waals surface area contributed by atoms with Crippen molar-refractivity contribution in [3.8, 4) is 10.7 Å². The molecular formula is C11H12N2OS. The van der Waals surface area contributed by atoms with Crippen molar-refractivity contribution in [2.24, 2.45) is 0 Å². The third-order valence-corrected chi connectivity index (χ3v) is 2.87. The van der Waals surface area contributed by atoms with Gasteiger partial charge >= 0.3 is 0 Å². The van der Waals surface area contributed by atoms with E-state index in [1.54, 1.807) is 18.4 Å². The maximum atomic E-state index is 5.02. The van der Waals surface area contributed by atoms with Crippen LogP contribution in [0.15, 0.2) is 23.6 Å². The van der Waals surface area contributed by atoms with Crippen molar-refractivity contribution in [3.63, 3.8) is 0 Å². The van der Waals surface area contributed by atoms with E-state index in [1.165, 1.54) is 0 Å². The molecule has 3 nitrogen and oxygen atoms in total. The number of hydrogen-bond donors (Lipinski definition) is 0. The Hall–Kier alpha value is -1.26. The molecule has 2 aromatic rings. The summed E-state index contributed by atoms with van der Waals surface area (Å²) < 4.78 is 5.02. The van der Waals surface area contributed by atoms with Gasteiger partial charge in [-0.25, -0.2) is 4.98 Å². The number of aryl methyl sites for hydroxylation is 1. The summed E-state index contributed by atoms with van der Waals surface area (Å²) >= 11 is 1.60. The molecule has 15 heavy (non-hydrogen) atoms. The second kappa shape index (κ2) is 4.51. The van der Waals surface area contributed by atoms with Gasteiger partial charge in [0.1, 0.15) is 5.01 Å². The average Bonchev–Trinajstić information content (AvgIpc) is 2.67. The first-order chi connectivity index (χ1) is 7.29. The largest absolute Gasteiger partial charge is 0.378 e. The van der Waals surface area contributed by atoms with Crippen LogP contribution in [0.4, 0.5) is 0 Å². The van der Waals surface area contributed by atoms with Gasteiger partial charge in [-0.05, 0) is 19.1 Å². The second-order valence-corrected chi connectivity index (χ2v) is 4.10. The zero-order valence-corrected chi connectivity index (χ0v) is 9.54. The van der Waals surface area contributed by atoms with Gasteiger partial charge in [0.2, 0.25) is 0 Å². The van der Waals surface area contributed by atoms with Crippen molar-refractivity contribution in [2.75, 3.05) is 7.11 Å². The molecule has 0 saturated heterocycles. The van der Waals surface area contributed by atoms with Crippen molar-refractivity contribution >= 4 is 11.3 Å². The monoisotopic (exact) mass is 220 g/mol. The molecule has 0 fully saturated rings. The van der Waals surface area contributed by atoms with Gasteiger partial charge in [-0.1, -0.05) is 6.07 Å². The van der Waals surface area contributed by atoms with Gasteiger partial charge in [-0.15, -0.1) is 11.3 Å². The Bertz CT molecular complexity index is 453. The van der Waals surface area contributed by atoms with Crippen LogP contribution in [-0.4, -0.2) is 17.1 Å². The molecule has 0 spiro atoms. The van der Waals surface area contributed by atoms with E-state index in [2.05, 4.69) is 9.97 Å². The fourth-order valence-corrected chi connectivity index (χ4v) is 2.07. The first-order valence-corrected chi connectivity index (χ1v) is 5.55. The minimum absolute atomic E-state index is 0.558. The Morgan fingerprint density at radius 3 is 2.93 bits per heavy atom. The van der Waals surface area contributed by atoms with Crippen molar-refractivity contribution in [2.45, 2.75) is 13.5 Å². The van der Waals surface area contributed by atoms with Crippen LogP contribution in [0.25, 0.3) is 10.7 Å². The van der Waals surface area contributed by atoms with Crippen molar-refractivity contribution in [3.05, 3.63) is 35.0 Å². The summed E-state index contributed by atoms with van der Waals surface area (Å²) in [6, 6.07) is 5.95. The molecule has 0 aliphatic carbocycles. The molecule has 0 bridgehead atoms. The maximum absolute atomic E-state index is 5.02. The summed E-state index contributed by atoms with van der Waals surface area (Å²) in [7, 11) is 1.67. The lowest BCUT2D eigenvalue weighted by Crippen LogP contribution is -1.89. The zero-order chi connectivity index (χ0) is 10.7. The quantitative estimate of drug-likeness (QED) is 0.797. The van der Waals surface area contributed by atoms with Crippen molar-refractivity contribution in [1.29, 1.82) is 0 Å². The van der Waals surface area contributed by atoms with E-state index < -0.39 is 0 Å². The number of methoxy groups -OCH3 is 1. The minimum Gasteiger partial charge on any atom is -0.378 e. The summed E-state index contributed by atoms with van der Waals surface area (Å²) in [4.78, 5) is 8.87. The third-order valence-electron chi connectivity index (χ3n) is 1.95. The highest BCUT2D eigenvalue weighted by Gasteiger charge is 2.05. The molecule has 2 heterocycles. The molecule has 78 valence electrons. The lowest BCUT2D eigenvalue weighted by atomic mass is 10.3. The molecule has 0 aliphatic rings. The van der Waals surface area contributed by atoms with E-state index in [4.69, 9.17) is 4.74 Å². The summed E-state index contributed by atoms with van der Waals surface area (Å²) in [6.45, 7) is 2.54. The fourth-order valence-electron chi connectivity index (χ4n) is 1.30. The number of nitrogens with zero attached hydrogens (tertiary/aromatic N) is 2. The smallest absolute Gasteiger partial charge is 0.142 e. The minimum atomic E-state index is 0.558. The van der Waals surface area contributed by atoms with Crippen LogP contribution in [0.2, 0.25) is 0 Å². The van der Waals surface area contributed by atoms with Gasteiger partial charge in [-0.3, -0.25) is 4.98 Å². The highest BCUT2D eigenvalue weighted by Crippen LogP contribution is 2.22. The van der Waals surface area contributed by atoms with Crippen LogP contribution < -0.4 is 0 Å². The summed E-state index contributed by atoms with van der Waals surface area (Å²) in [5, 5.41) is 2.95. The van der Waals surface area contributed by atoms with Crippen molar-refractivity contribution in [1.82, 2.24) is 9.97 Å². The predicted molar refractivity (Wildman–Crippen MR) is 60.8 cm³/mol. The first-order valence-electron chi connectivity index (χ1n) is 4.67. The molecule has 0 atom stereocenters. The molecule has 4 heteroatoms. The number of pyridine rings is 1. The molecule has 2 rings (SSSR count). The lowest BCUT2D eigenvalue weighted by Gasteiger charge is -1.96. The average molecular weight is 220 g/mol. The normalized spacial score (nSPS) is 10.5.